The van der Waals surface area contributed by atoms with Crippen LogP contribution in [0.1, 0.15) is 0 Å². The fraction of sp³-hybridized carbons (Fsp3) is 0.818. The zero-order valence-electron chi connectivity index (χ0n) is 12.4. The lowest BCUT2D eigenvalue weighted by Gasteiger charge is -2.41. The van der Waals surface area contributed by atoms with Crippen LogP contribution >= 0.6 is 0 Å². The number of alkyl halides is 13. The third-order valence-corrected chi connectivity index (χ3v) is 3.19. The van der Waals surface area contributed by atoms with E-state index in [2.05, 4.69) is 6.58 Å². The maximum absolute atomic E-state index is 13.6. The van der Waals surface area contributed by atoms with Crippen LogP contribution in [0, 0.1) is 0 Å². The molecule has 0 rings (SSSR count). The van der Waals surface area contributed by atoms with Gasteiger partial charge < -0.3 is 10.0 Å². The smallest absolute Gasteiger partial charge is 0.395 e. The van der Waals surface area contributed by atoms with Crippen molar-refractivity contribution < 1.29 is 62.2 Å². The molecule has 2 nitrogen and oxygen atoms in total. The number of allylic oxidation sites excluding steroid dienone is 1. The maximum atomic E-state index is 13.6. The summed E-state index contributed by atoms with van der Waals surface area (Å²) in [4.78, 5) is -0.107. The van der Waals surface area contributed by atoms with Gasteiger partial charge in [0.15, 0.2) is 0 Å². The van der Waals surface area contributed by atoms with E-state index in [1.54, 1.807) is 0 Å². The van der Waals surface area contributed by atoms with Gasteiger partial charge in [0.25, 0.3) is 0 Å². The quantitative estimate of drug-likeness (QED) is 0.598. The number of aliphatic hydroxyl groups is 1. The molecule has 156 valence electrons. The number of hydrogen-bond acceptors (Lipinski definition) is 2. The Balaban J connectivity index is 6.29. The van der Waals surface area contributed by atoms with Gasteiger partial charge in [-0.3, -0.25) is 0 Å². The van der Waals surface area contributed by atoms with E-state index in [4.69, 9.17) is 5.11 Å². The van der Waals surface area contributed by atoms with Crippen LogP contribution in [0.3, 0.4) is 0 Å². The minimum atomic E-state index is -7.94. The third kappa shape index (κ3) is 3.29. The highest BCUT2D eigenvalue weighted by Gasteiger charge is 2.91. The van der Waals surface area contributed by atoms with Crippen LogP contribution in [0.4, 0.5) is 57.1 Å². The monoisotopic (exact) mass is 419 g/mol. The number of rotatable bonds is 8. The number of hydrogen-bond donors (Lipinski definition) is 1. The van der Waals surface area contributed by atoms with Gasteiger partial charge >= 0.3 is 35.8 Å². The van der Waals surface area contributed by atoms with E-state index in [-0.39, 0.29) is 4.90 Å². The fourth-order valence-electron chi connectivity index (χ4n) is 1.48. The van der Waals surface area contributed by atoms with Crippen molar-refractivity contribution in [3.8, 4) is 0 Å². The van der Waals surface area contributed by atoms with E-state index in [1.165, 1.54) is 0 Å². The Bertz CT molecular complexity index is 525. The van der Waals surface area contributed by atoms with Gasteiger partial charge in [0.05, 0.1) is 12.3 Å². The Morgan fingerprint density at radius 3 is 1.38 bits per heavy atom. The second-order valence-corrected chi connectivity index (χ2v) is 4.96. The Morgan fingerprint density at radius 1 is 0.731 bits per heavy atom. The molecule has 0 radical (unpaired) electrons. The minimum Gasteiger partial charge on any atom is -0.395 e. The highest BCUT2D eigenvalue weighted by molar-refractivity contribution is 5.19. The maximum Gasteiger partial charge on any atom is 0.460 e. The molecule has 0 bridgehead atoms. The molecule has 0 aliphatic carbocycles. The molecule has 26 heavy (non-hydrogen) atoms. The molecule has 0 aromatic rings. The fourth-order valence-corrected chi connectivity index (χ4v) is 1.48. The van der Waals surface area contributed by atoms with Crippen LogP contribution in [-0.2, 0) is 0 Å². The van der Waals surface area contributed by atoms with Crippen molar-refractivity contribution in [1.29, 1.82) is 0 Å². The number of nitrogens with zero attached hydrogens (tertiary/aromatic N) is 1. The molecule has 0 amide bonds. The third-order valence-electron chi connectivity index (χ3n) is 3.19. The lowest BCUT2D eigenvalue weighted by Crippen LogP contribution is -2.70. The van der Waals surface area contributed by atoms with E-state index in [1.807, 2.05) is 0 Å². The second-order valence-electron chi connectivity index (χ2n) is 4.96. The lowest BCUT2D eigenvalue weighted by atomic mass is 9.92. The van der Waals surface area contributed by atoms with Gasteiger partial charge in [0.1, 0.15) is 0 Å². The Morgan fingerprint density at radius 2 is 1.08 bits per heavy atom. The van der Waals surface area contributed by atoms with E-state index < -0.39 is 54.6 Å². The summed E-state index contributed by atoms with van der Waals surface area (Å²) in [5.41, 5.74) is -2.33. The van der Waals surface area contributed by atoms with Crippen molar-refractivity contribution in [3.05, 3.63) is 12.3 Å². The van der Waals surface area contributed by atoms with Gasteiger partial charge in [0, 0.05) is 13.6 Å². The van der Waals surface area contributed by atoms with Gasteiger partial charge in [-0.2, -0.15) is 57.1 Å². The molecular formula is C11H10F13NO. The highest BCUT2D eigenvalue weighted by Crippen LogP contribution is 2.61. The Hall–Kier alpha value is -1.41. The van der Waals surface area contributed by atoms with Crippen molar-refractivity contribution in [3.63, 3.8) is 0 Å². The van der Waals surface area contributed by atoms with Crippen molar-refractivity contribution in [2.24, 2.45) is 0 Å². The van der Waals surface area contributed by atoms with E-state index in [0.29, 0.717) is 7.05 Å². The van der Waals surface area contributed by atoms with Crippen LogP contribution in [-0.4, -0.2) is 66.0 Å². The molecule has 0 spiro atoms. The first-order chi connectivity index (χ1) is 11.1. The van der Waals surface area contributed by atoms with Crippen LogP contribution in [0.5, 0.6) is 0 Å². The van der Waals surface area contributed by atoms with Crippen LogP contribution in [0.15, 0.2) is 12.3 Å². The Kier molecular flexibility index (Phi) is 6.28. The molecule has 0 atom stereocenters. The minimum absolute atomic E-state index is 0.107. The summed E-state index contributed by atoms with van der Waals surface area (Å²) in [5.74, 6) is -37.4. The predicted molar refractivity (Wildman–Crippen MR) is 59.6 cm³/mol. The topological polar surface area (TPSA) is 23.5 Å². The van der Waals surface area contributed by atoms with E-state index in [9.17, 15) is 57.1 Å². The lowest BCUT2D eigenvalue weighted by molar-refractivity contribution is -0.437. The first kappa shape index (κ1) is 24.6. The SMILES string of the molecule is C=C(N(C)CCO)C(F)(F)C(F)(F)C(F)(F)C(F)(F)C(F)(F)C(F)(F)F. The zero-order valence-corrected chi connectivity index (χ0v) is 12.4. The van der Waals surface area contributed by atoms with Crippen LogP contribution < -0.4 is 0 Å². The summed E-state index contributed by atoms with van der Waals surface area (Å²) in [6, 6.07) is 0. The molecule has 0 unspecified atom stereocenters. The normalized spacial score (nSPS) is 15.2. The van der Waals surface area contributed by atoms with Gasteiger partial charge in [0.2, 0.25) is 0 Å². The van der Waals surface area contributed by atoms with Gasteiger partial charge in [-0.05, 0) is 0 Å². The summed E-state index contributed by atoms with van der Waals surface area (Å²) < 4.78 is 167. The molecule has 15 heteroatoms. The van der Waals surface area contributed by atoms with Gasteiger partial charge in [-0.25, -0.2) is 0 Å². The van der Waals surface area contributed by atoms with Crippen LogP contribution in [0.2, 0.25) is 0 Å². The van der Waals surface area contributed by atoms with Crippen molar-refractivity contribution in [2.75, 3.05) is 20.2 Å². The summed E-state index contributed by atoms with van der Waals surface area (Å²) in [7, 11) is 0.461. The standard InChI is InChI=1S/C11H10F13NO/c1-5(25(2)3-4-26)6(12,13)7(14,15)8(16,17)9(18,19)10(20,21)11(22,23)24/h26H,1,3-4H2,2H3. The second kappa shape index (κ2) is 6.64. The highest BCUT2D eigenvalue weighted by atomic mass is 19.4. The van der Waals surface area contributed by atoms with Gasteiger partial charge in [-0.1, -0.05) is 6.58 Å². The zero-order chi connectivity index (χ0) is 21.6. The summed E-state index contributed by atoms with van der Waals surface area (Å²) in [6.07, 6.45) is -7.45. The molecule has 1 N–H and O–H groups in total. The molecule has 0 heterocycles. The largest absolute Gasteiger partial charge is 0.460 e. The molecule has 0 aliphatic heterocycles. The molecule has 0 aromatic carbocycles. The molecule has 0 fully saturated rings. The van der Waals surface area contributed by atoms with Crippen LogP contribution in [0.25, 0.3) is 0 Å². The molecule has 0 aliphatic rings. The first-order valence-electron chi connectivity index (χ1n) is 6.11. The Labute approximate surface area is 136 Å². The van der Waals surface area contributed by atoms with E-state index >= 15 is 0 Å². The number of halogens is 13. The predicted octanol–water partition coefficient (Wildman–Crippen LogP) is 4.16. The summed E-state index contributed by atoms with van der Waals surface area (Å²) >= 11 is 0. The summed E-state index contributed by atoms with van der Waals surface area (Å²) in [6.45, 7) is 0.229. The average molecular weight is 419 g/mol. The number of aliphatic hydroxyl groups excluding tert-OH is 1. The molecule has 0 saturated heterocycles. The van der Waals surface area contributed by atoms with Crippen molar-refractivity contribution >= 4 is 0 Å². The first-order valence-corrected chi connectivity index (χ1v) is 6.11. The van der Waals surface area contributed by atoms with Crippen molar-refractivity contribution in [2.45, 2.75) is 35.8 Å². The van der Waals surface area contributed by atoms with Crippen molar-refractivity contribution in [1.82, 2.24) is 4.90 Å². The molecule has 0 saturated carbocycles. The average Bonchev–Trinajstić information content (AvgIpc) is 2.44. The number of likely N-dealkylation sites (N-methyl/N-ethyl adjacent to an activating group) is 1. The molecule has 0 aromatic heterocycles. The van der Waals surface area contributed by atoms with E-state index in [0.717, 1.165) is 0 Å². The molecular weight excluding hydrogens is 409 g/mol. The summed E-state index contributed by atoms with van der Waals surface area (Å²) in [5, 5.41) is 8.43. The van der Waals surface area contributed by atoms with Gasteiger partial charge in [-0.15, -0.1) is 0 Å².